The van der Waals surface area contributed by atoms with Crippen LogP contribution in [0.25, 0.3) is 0 Å². The molecule has 72 valence electrons. The molecule has 0 aromatic carbocycles. The summed E-state index contributed by atoms with van der Waals surface area (Å²) in [5.74, 6) is 0. The molecule has 1 nitrogen and oxygen atoms in total. The highest BCUT2D eigenvalue weighted by Crippen LogP contribution is 2.23. The summed E-state index contributed by atoms with van der Waals surface area (Å²) in [5.41, 5.74) is 3.88. The number of rotatable bonds is 1. The van der Waals surface area contributed by atoms with Gasteiger partial charge < -0.3 is 0 Å². The van der Waals surface area contributed by atoms with Crippen molar-refractivity contribution in [3.63, 3.8) is 0 Å². The Bertz CT molecular complexity index is 294. The Labute approximate surface area is 81.2 Å². The molecule has 0 radical (unpaired) electrons. The predicted molar refractivity (Wildman–Crippen MR) is 57.1 cm³/mol. The van der Waals surface area contributed by atoms with Crippen LogP contribution in [0.5, 0.6) is 0 Å². The van der Waals surface area contributed by atoms with Crippen molar-refractivity contribution in [2.24, 2.45) is 0 Å². The number of hydrogen-bond donors (Lipinski definition) is 0. The van der Waals surface area contributed by atoms with E-state index >= 15 is 0 Å². The van der Waals surface area contributed by atoms with Crippen molar-refractivity contribution < 1.29 is 0 Å². The van der Waals surface area contributed by atoms with Gasteiger partial charge in [0.25, 0.3) is 0 Å². The molecule has 1 rings (SSSR count). The molecule has 0 amide bonds. The van der Waals surface area contributed by atoms with Crippen LogP contribution in [0.4, 0.5) is 0 Å². The van der Waals surface area contributed by atoms with Crippen LogP contribution < -0.4 is 0 Å². The molecule has 1 heteroatoms. The van der Waals surface area contributed by atoms with Gasteiger partial charge in [-0.25, -0.2) is 0 Å². The average molecular weight is 177 g/mol. The molecule has 0 fully saturated rings. The summed E-state index contributed by atoms with van der Waals surface area (Å²) in [6, 6.07) is 4.29. The molecule has 0 aliphatic rings. The standard InChI is InChI=1S/C12H19N/c1-6-10-8-7-9(2)11(13-10)12(3,4)5/h7-8H,6H2,1-5H3. The van der Waals surface area contributed by atoms with Crippen LogP contribution in [-0.4, -0.2) is 4.98 Å². The molecule has 13 heavy (non-hydrogen) atoms. The van der Waals surface area contributed by atoms with Gasteiger partial charge in [-0.2, -0.15) is 0 Å². The summed E-state index contributed by atoms with van der Waals surface area (Å²) in [6.45, 7) is 10.9. The van der Waals surface area contributed by atoms with Gasteiger partial charge in [-0.3, -0.25) is 4.98 Å². The normalized spacial score (nSPS) is 11.8. The van der Waals surface area contributed by atoms with Crippen LogP contribution in [0.2, 0.25) is 0 Å². The summed E-state index contributed by atoms with van der Waals surface area (Å²) in [7, 11) is 0. The molecule has 0 aliphatic heterocycles. The van der Waals surface area contributed by atoms with E-state index in [1.807, 2.05) is 0 Å². The molecule has 0 atom stereocenters. The second-order valence-electron chi connectivity index (χ2n) is 4.57. The molecular weight excluding hydrogens is 158 g/mol. The first kappa shape index (κ1) is 10.2. The number of hydrogen-bond acceptors (Lipinski definition) is 1. The molecule has 0 unspecified atom stereocenters. The zero-order valence-electron chi connectivity index (χ0n) is 9.31. The third kappa shape index (κ3) is 2.30. The van der Waals surface area contributed by atoms with Crippen molar-refractivity contribution in [3.8, 4) is 0 Å². The van der Waals surface area contributed by atoms with Crippen LogP contribution >= 0.6 is 0 Å². The van der Waals surface area contributed by atoms with Crippen molar-refractivity contribution in [2.45, 2.75) is 46.5 Å². The molecule has 0 aliphatic carbocycles. The minimum atomic E-state index is 0.162. The third-order valence-electron chi connectivity index (χ3n) is 2.23. The molecule has 1 aromatic rings. The van der Waals surface area contributed by atoms with Crippen molar-refractivity contribution in [1.82, 2.24) is 4.98 Å². The molecule has 0 N–H and O–H groups in total. The maximum atomic E-state index is 4.66. The Morgan fingerprint density at radius 1 is 1.23 bits per heavy atom. The van der Waals surface area contributed by atoms with Crippen LogP contribution in [0.3, 0.4) is 0 Å². The Morgan fingerprint density at radius 3 is 2.31 bits per heavy atom. The van der Waals surface area contributed by atoms with Gasteiger partial charge in [0.2, 0.25) is 0 Å². The highest BCUT2D eigenvalue weighted by atomic mass is 14.7. The Balaban J connectivity index is 3.19. The van der Waals surface area contributed by atoms with E-state index < -0.39 is 0 Å². The van der Waals surface area contributed by atoms with Crippen LogP contribution in [0.1, 0.15) is 44.6 Å². The average Bonchev–Trinajstić information content (AvgIpc) is 2.03. The summed E-state index contributed by atoms with van der Waals surface area (Å²) in [4.78, 5) is 4.66. The van der Waals surface area contributed by atoms with Crippen LogP contribution in [-0.2, 0) is 11.8 Å². The highest BCUT2D eigenvalue weighted by Gasteiger charge is 2.17. The van der Waals surface area contributed by atoms with Crippen LogP contribution in [0.15, 0.2) is 12.1 Å². The van der Waals surface area contributed by atoms with Crippen molar-refractivity contribution in [1.29, 1.82) is 0 Å². The van der Waals surface area contributed by atoms with Crippen molar-refractivity contribution >= 4 is 0 Å². The fourth-order valence-electron chi connectivity index (χ4n) is 1.53. The monoisotopic (exact) mass is 177 g/mol. The molecule has 1 aromatic heterocycles. The summed E-state index contributed by atoms with van der Waals surface area (Å²) < 4.78 is 0. The van der Waals surface area contributed by atoms with E-state index in [1.165, 1.54) is 17.0 Å². The van der Waals surface area contributed by atoms with Crippen molar-refractivity contribution in [3.05, 3.63) is 29.1 Å². The van der Waals surface area contributed by atoms with Gasteiger partial charge in [-0.05, 0) is 25.0 Å². The second-order valence-corrected chi connectivity index (χ2v) is 4.57. The van der Waals surface area contributed by atoms with E-state index in [-0.39, 0.29) is 5.41 Å². The fraction of sp³-hybridized carbons (Fsp3) is 0.583. The van der Waals surface area contributed by atoms with E-state index in [2.05, 4.69) is 51.7 Å². The Kier molecular flexibility index (Phi) is 2.74. The van der Waals surface area contributed by atoms with E-state index in [0.717, 1.165) is 6.42 Å². The molecule has 1 heterocycles. The first-order chi connectivity index (χ1) is 5.95. The van der Waals surface area contributed by atoms with E-state index in [9.17, 15) is 0 Å². The number of nitrogens with zero attached hydrogens (tertiary/aromatic N) is 1. The van der Waals surface area contributed by atoms with Crippen molar-refractivity contribution in [2.75, 3.05) is 0 Å². The minimum absolute atomic E-state index is 0.162. The van der Waals surface area contributed by atoms with E-state index in [1.54, 1.807) is 0 Å². The topological polar surface area (TPSA) is 12.9 Å². The quantitative estimate of drug-likeness (QED) is 0.641. The zero-order valence-corrected chi connectivity index (χ0v) is 9.31. The van der Waals surface area contributed by atoms with Gasteiger partial charge in [0.05, 0.1) is 0 Å². The lowest BCUT2D eigenvalue weighted by molar-refractivity contribution is 0.561. The first-order valence-corrected chi connectivity index (χ1v) is 4.92. The molecule has 0 saturated carbocycles. The lowest BCUT2D eigenvalue weighted by atomic mass is 9.88. The predicted octanol–water partition coefficient (Wildman–Crippen LogP) is 3.25. The van der Waals surface area contributed by atoms with Gasteiger partial charge in [0, 0.05) is 16.8 Å². The van der Waals surface area contributed by atoms with Gasteiger partial charge in [0.15, 0.2) is 0 Å². The lowest BCUT2D eigenvalue weighted by Crippen LogP contribution is -2.16. The largest absolute Gasteiger partial charge is 0.257 e. The maximum absolute atomic E-state index is 4.66. The number of aromatic nitrogens is 1. The van der Waals surface area contributed by atoms with E-state index in [4.69, 9.17) is 0 Å². The lowest BCUT2D eigenvalue weighted by Gasteiger charge is -2.20. The SMILES string of the molecule is CCc1ccc(C)c(C(C)(C)C)n1. The minimum Gasteiger partial charge on any atom is -0.257 e. The molecule has 0 spiro atoms. The maximum Gasteiger partial charge on any atom is 0.0489 e. The molecule has 0 bridgehead atoms. The summed E-state index contributed by atoms with van der Waals surface area (Å²) in [5, 5.41) is 0. The van der Waals surface area contributed by atoms with Gasteiger partial charge in [0.1, 0.15) is 0 Å². The molecule has 0 saturated heterocycles. The Morgan fingerprint density at radius 2 is 1.85 bits per heavy atom. The van der Waals surface area contributed by atoms with Crippen LogP contribution in [0, 0.1) is 6.92 Å². The highest BCUT2D eigenvalue weighted by molar-refractivity contribution is 5.26. The summed E-state index contributed by atoms with van der Waals surface area (Å²) >= 11 is 0. The van der Waals surface area contributed by atoms with E-state index in [0.29, 0.717) is 0 Å². The van der Waals surface area contributed by atoms with Gasteiger partial charge in [-0.1, -0.05) is 33.8 Å². The third-order valence-corrected chi connectivity index (χ3v) is 2.23. The second kappa shape index (κ2) is 3.49. The smallest absolute Gasteiger partial charge is 0.0489 e. The van der Waals surface area contributed by atoms with Gasteiger partial charge in [-0.15, -0.1) is 0 Å². The number of aryl methyl sites for hydroxylation is 2. The fourth-order valence-corrected chi connectivity index (χ4v) is 1.53. The number of pyridine rings is 1. The molecular formula is C12H19N. The summed E-state index contributed by atoms with van der Waals surface area (Å²) in [6.07, 6.45) is 1.02. The zero-order chi connectivity index (χ0) is 10.1. The Hall–Kier alpha value is -0.850. The first-order valence-electron chi connectivity index (χ1n) is 4.92. The van der Waals surface area contributed by atoms with Gasteiger partial charge >= 0.3 is 0 Å².